The van der Waals surface area contributed by atoms with E-state index in [0.717, 1.165) is 17.7 Å². The molecule has 9 nitrogen and oxygen atoms in total. The maximum atomic E-state index is 13.7. The molecule has 0 aliphatic carbocycles. The van der Waals surface area contributed by atoms with Crippen LogP contribution in [0.15, 0.2) is 39.9 Å². The number of para-hydroxylation sites is 1. The van der Waals surface area contributed by atoms with Crippen molar-refractivity contribution in [1.82, 2.24) is 14.1 Å². The van der Waals surface area contributed by atoms with E-state index in [0.29, 0.717) is 10.3 Å². The number of esters is 1. The lowest BCUT2D eigenvalue weighted by Crippen LogP contribution is -2.42. The highest BCUT2D eigenvalue weighted by Crippen LogP contribution is 2.15. The highest BCUT2D eigenvalue weighted by molar-refractivity contribution is 6.02. The Bertz CT molecular complexity index is 1260. The van der Waals surface area contributed by atoms with E-state index in [1.54, 1.807) is 6.92 Å². The van der Waals surface area contributed by atoms with Crippen LogP contribution in [0, 0.1) is 12.7 Å². The van der Waals surface area contributed by atoms with Crippen LogP contribution in [0.2, 0.25) is 0 Å². The van der Waals surface area contributed by atoms with Gasteiger partial charge in [-0.3, -0.25) is 18.7 Å². The lowest BCUT2D eigenvalue weighted by atomic mass is 10.1. The Morgan fingerprint density at radius 2 is 1.93 bits per heavy atom. The number of ether oxygens (including phenoxy) is 1. The van der Waals surface area contributed by atoms with Gasteiger partial charge in [0, 0.05) is 12.7 Å². The van der Waals surface area contributed by atoms with Gasteiger partial charge in [-0.2, -0.15) is 0 Å². The molecular weight excluding hydrogens is 383 g/mol. The first kappa shape index (κ1) is 19.9. The summed E-state index contributed by atoms with van der Waals surface area (Å²) in [5.74, 6) is -2.22. The van der Waals surface area contributed by atoms with Gasteiger partial charge >= 0.3 is 11.7 Å². The third-order valence-electron chi connectivity index (χ3n) is 4.28. The molecule has 0 bridgehead atoms. The average Bonchev–Trinajstić information content (AvgIpc) is 2.70. The van der Waals surface area contributed by atoms with E-state index < -0.39 is 35.5 Å². The molecule has 150 valence electrons. The zero-order chi connectivity index (χ0) is 21.3. The monoisotopic (exact) mass is 400 g/mol. The zero-order valence-corrected chi connectivity index (χ0v) is 15.9. The Hall–Kier alpha value is -3.82. The van der Waals surface area contributed by atoms with E-state index in [4.69, 9.17) is 4.74 Å². The third-order valence-corrected chi connectivity index (χ3v) is 4.28. The molecular formula is C19H17FN4O5. The van der Waals surface area contributed by atoms with E-state index >= 15 is 0 Å². The molecule has 3 rings (SSSR count). The van der Waals surface area contributed by atoms with Crippen molar-refractivity contribution in [3.05, 3.63) is 68.2 Å². The second kappa shape index (κ2) is 7.66. The molecule has 0 saturated heterocycles. The predicted octanol–water partition coefficient (Wildman–Crippen LogP) is 0.968. The molecule has 2 aromatic heterocycles. The van der Waals surface area contributed by atoms with E-state index in [1.165, 1.54) is 31.3 Å². The second-order valence-electron chi connectivity index (χ2n) is 6.26. The number of hydrogen-bond acceptors (Lipinski definition) is 6. The Kier molecular flexibility index (Phi) is 5.26. The van der Waals surface area contributed by atoms with Crippen molar-refractivity contribution in [2.45, 2.75) is 13.5 Å². The van der Waals surface area contributed by atoms with Crippen LogP contribution >= 0.6 is 0 Å². The molecule has 0 aliphatic heterocycles. The number of nitrogens with zero attached hydrogens (tertiary/aromatic N) is 3. The van der Waals surface area contributed by atoms with Gasteiger partial charge in [-0.25, -0.2) is 19.0 Å². The molecule has 1 N–H and O–H groups in total. The van der Waals surface area contributed by atoms with Gasteiger partial charge in [-0.1, -0.05) is 12.1 Å². The molecule has 0 saturated carbocycles. The van der Waals surface area contributed by atoms with Crippen molar-refractivity contribution in [2.75, 3.05) is 12.4 Å². The number of benzene rings is 1. The lowest BCUT2D eigenvalue weighted by molar-refractivity contribution is -0.116. The molecule has 0 atom stereocenters. The van der Waals surface area contributed by atoms with Crippen molar-refractivity contribution >= 4 is 28.6 Å². The quantitative estimate of drug-likeness (QED) is 0.653. The number of rotatable bonds is 4. The number of amides is 1. The molecule has 0 fully saturated rings. The standard InChI is InChI=1S/C19H17FN4O5/c1-10-8-11(18(27)29-3)15-16(21-10)23(2)19(28)24(17(15)26)9-14(25)22-13-7-5-4-6-12(13)20/h4-8H,9H2,1-3H3,(H,22,25). The maximum absolute atomic E-state index is 13.7. The average molecular weight is 400 g/mol. The minimum absolute atomic E-state index is 0.00818. The van der Waals surface area contributed by atoms with Gasteiger partial charge in [-0.05, 0) is 25.1 Å². The highest BCUT2D eigenvalue weighted by atomic mass is 19.1. The highest BCUT2D eigenvalue weighted by Gasteiger charge is 2.22. The number of carbonyl (C=O) groups excluding carboxylic acids is 2. The Morgan fingerprint density at radius 3 is 2.59 bits per heavy atom. The largest absolute Gasteiger partial charge is 0.465 e. The molecule has 0 radical (unpaired) electrons. The van der Waals surface area contributed by atoms with Gasteiger partial charge in [-0.15, -0.1) is 0 Å². The van der Waals surface area contributed by atoms with Crippen molar-refractivity contribution in [3.63, 3.8) is 0 Å². The molecule has 10 heteroatoms. The van der Waals surface area contributed by atoms with Crippen molar-refractivity contribution in [2.24, 2.45) is 7.05 Å². The minimum Gasteiger partial charge on any atom is -0.465 e. The number of nitrogens with one attached hydrogen (secondary N) is 1. The number of aromatic nitrogens is 3. The number of hydrogen-bond donors (Lipinski definition) is 1. The number of pyridine rings is 1. The van der Waals surface area contributed by atoms with Crippen LogP contribution in [0.1, 0.15) is 16.1 Å². The van der Waals surface area contributed by atoms with Crippen LogP contribution in [0.4, 0.5) is 10.1 Å². The summed E-state index contributed by atoms with van der Waals surface area (Å²) in [7, 11) is 2.52. The van der Waals surface area contributed by atoms with Gasteiger partial charge in [0.25, 0.3) is 5.56 Å². The Balaban J connectivity index is 2.14. The minimum atomic E-state index is -0.875. The number of anilines is 1. The van der Waals surface area contributed by atoms with Crippen LogP contribution in [-0.2, 0) is 23.1 Å². The maximum Gasteiger partial charge on any atom is 0.338 e. The summed E-state index contributed by atoms with van der Waals surface area (Å²) >= 11 is 0. The molecule has 2 heterocycles. The number of carbonyl (C=O) groups is 2. The molecule has 1 amide bonds. The van der Waals surface area contributed by atoms with Gasteiger partial charge in [0.15, 0.2) is 0 Å². The van der Waals surface area contributed by atoms with Gasteiger partial charge < -0.3 is 10.1 Å². The first-order valence-electron chi connectivity index (χ1n) is 8.48. The smallest absolute Gasteiger partial charge is 0.338 e. The normalized spacial score (nSPS) is 10.8. The molecule has 0 aliphatic rings. The van der Waals surface area contributed by atoms with Crippen molar-refractivity contribution < 1.29 is 18.7 Å². The SMILES string of the molecule is COC(=O)c1cc(C)nc2c1c(=O)n(CC(=O)Nc1ccccc1F)c(=O)n2C. The third kappa shape index (κ3) is 3.64. The fraction of sp³-hybridized carbons (Fsp3) is 0.211. The van der Waals surface area contributed by atoms with Crippen LogP contribution in [0.3, 0.4) is 0 Å². The van der Waals surface area contributed by atoms with Crippen molar-refractivity contribution in [1.29, 1.82) is 0 Å². The van der Waals surface area contributed by atoms with Crippen LogP contribution in [0.25, 0.3) is 11.0 Å². The van der Waals surface area contributed by atoms with E-state index in [2.05, 4.69) is 10.3 Å². The van der Waals surface area contributed by atoms with E-state index in [1.807, 2.05) is 0 Å². The lowest BCUT2D eigenvalue weighted by Gasteiger charge is -2.13. The first-order valence-corrected chi connectivity index (χ1v) is 8.48. The number of halogens is 1. The van der Waals surface area contributed by atoms with Gasteiger partial charge in [0.1, 0.15) is 18.0 Å². The summed E-state index contributed by atoms with van der Waals surface area (Å²) < 4.78 is 20.2. The van der Waals surface area contributed by atoms with Crippen molar-refractivity contribution in [3.8, 4) is 0 Å². The van der Waals surface area contributed by atoms with E-state index in [9.17, 15) is 23.6 Å². The molecule has 0 unspecified atom stereocenters. The predicted molar refractivity (Wildman–Crippen MR) is 102 cm³/mol. The summed E-state index contributed by atoms with van der Waals surface area (Å²) in [5.41, 5.74) is -1.44. The summed E-state index contributed by atoms with van der Waals surface area (Å²) in [5, 5.41) is 2.16. The van der Waals surface area contributed by atoms with Crippen LogP contribution in [0.5, 0.6) is 0 Å². The molecule has 1 aromatic carbocycles. The van der Waals surface area contributed by atoms with E-state index in [-0.39, 0.29) is 22.3 Å². The first-order chi connectivity index (χ1) is 13.7. The van der Waals surface area contributed by atoms with Gasteiger partial charge in [0.2, 0.25) is 5.91 Å². The number of aryl methyl sites for hydroxylation is 2. The van der Waals surface area contributed by atoms with Crippen LogP contribution < -0.4 is 16.6 Å². The fourth-order valence-electron chi connectivity index (χ4n) is 2.91. The summed E-state index contributed by atoms with van der Waals surface area (Å²) in [6, 6.07) is 6.85. The fourth-order valence-corrected chi connectivity index (χ4v) is 2.91. The second-order valence-corrected chi connectivity index (χ2v) is 6.26. The molecule has 0 spiro atoms. The zero-order valence-electron chi connectivity index (χ0n) is 15.9. The van der Waals surface area contributed by atoms with Crippen LogP contribution in [-0.4, -0.2) is 33.1 Å². The molecule has 3 aromatic rings. The Labute approximate surface area is 163 Å². The topological polar surface area (TPSA) is 112 Å². The summed E-state index contributed by atoms with van der Waals surface area (Å²) in [6.07, 6.45) is 0. The Morgan fingerprint density at radius 1 is 1.24 bits per heavy atom. The van der Waals surface area contributed by atoms with Gasteiger partial charge in [0.05, 0.1) is 23.7 Å². The summed E-state index contributed by atoms with van der Waals surface area (Å²) in [6.45, 7) is 0.925. The number of methoxy groups -OCH3 is 1. The molecule has 29 heavy (non-hydrogen) atoms. The summed E-state index contributed by atoms with van der Waals surface area (Å²) in [4.78, 5) is 54.2. The number of fused-ring (bicyclic) bond motifs is 1.